The SMILES string of the molecule is O=C(Nc1nccnc1Cl)c1c(Cl)cccc1[N+](=O)[O-]. The van der Waals surface area contributed by atoms with E-state index in [1.54, 1.807) is 0 Å². The number of hydrogen-bond donors (Lipinski definition) is 1. The van der Waals surface area contributed by atoms with Gasteiger partial charge in [-0.1, -0.05) is 29.3 Å². The van der Waals surface area contributed by atoms with Crippen molar-refractivity contribution < 1.29 is 9.72 Å². The molecule has 2 rings (SSSR count). The van der Waals surface area contributed by atoms with Gasteiger partial charge in [-0.3, -0.25) is 14.9 Å². The molecule has 0 radical (unpaired) electrons. The number of anilines is 1. The Bertz CT molecular complexity index is 693. The molecular weight excluding hydrogens is 307 g/mol. The van der Waals surface area contributed by atoms with Crippen molar-refractivity contribution in [3.63, 3.8) is 0 Å². The fraction of sp³-hybridized carbons (Fsp3) is 0. The predicted octanol–water partition coefficient (Wildman–Crippen LogP) is 2.94. The molecule has 0 bridgehead atoms. The van der Waals surface area contributed by atoms with Crippen LogP contribution in [0.3, 0.4) is 0 Å². The van der Waals surface area contributed by atoms with Crippen LogP contribution in [0.2, 0.25) is 10.2 Å². The molecule has 0 fully saturated rings. The molecule has 1 aromatic heterocycles. The van der Waals surface area contributed by atoms with Gasteiger partial charge in [0.2, 0.25) is 0 Å². The number of aromatic nitrogens is 2. The number of nitrogens with one attached hydrogen (secondary N) is 1. The molecule has 0 unspecified atom stereocenters. The van der Waals surface area contributed by atoms with E-state index in [9.17, 15) is 14.9 Å². The lowest BCUT2D eigenvalue weighted by molar-refractivity contribution is -0.385. The number of carbonyl (C=O) groups excluding carboxylic acids is 1. The lowest BCUT2D eigenvalue weighted by atomic mass is 10.1. The third kappa shape index (κ3) is 2.84. The van der Waals surface area contributed by atoms with Crippen LogP contribution in [0.5, 0.6) is 0 Å². The monoisotopic (exact) mass is 312 g/mol. The van der Waals surface area contributed by atoms with E-state index < -0.39 is 16.5 Å². The lowest BCUT2D eigenvalue weighted by Gasteiger charge is -2.07. The average molecular weight is 313 g/mol. The van der Waals surface area contributed by atoms with Crippen LogP contribution < -0.4 is 5.32 Å². The Morgan fingerprint density at radius 1 is 1.25 bits per heavy atom. The standard InChI is InChI=1S/C11H6Cl2N4O3/c12-6-2-1-3-7(17(19)20)8(6)11(18)16-10-9(13)14-4-5-15-10/h1-5H,(H,15,16,18). The first-order valence-electron chi connectivity index (χ1n) is 5.21. The molecule has 2 aromatic rings. The van der Waals surface area contributed by atoms with Crippen LogP contribution in [-0.2, 0) is 0 Å². The summed E-state index contributed by atoms with van der Waals surface area (Å²) in [4.78, 5) is 29.8. The molecule has 0 saturated heterocycles. The molecule has 1 aromatic carbocycles. The minimum atomic E-state index is -0.787. The largest absolute Gasteiger partial charge is 0.304 e. The maximum absolute atomic E-state index is 12.1. The van der Waals surface area contributed by atoms with Gasteiger partial charge in [0.15, 0.2) is 11.0 Å². The number of nitro benzene ring substituents is 1. The molecule has 7 nitrogen and oxygen atoms in total. The van der Waals surface area contributed by atoms with Crippen LogP contribution in [-0.4, -0.2) is 20.8 Å². The number of nitrogens with zero attached hydrogens (tertiary/aromatic N) is 3. The van der Waals surface area contributed by atoms with Crippen LogP contribution in [0, 0.1) is 10.1 Å². The summed E-state index contributed by atoms with van der Waals surface area (Å²) in [5.74, 6) is -0.793. The summed E-state index contributed by atoms with van der Waals surface area (Å²) in [7, 11) is 0. The molecule has 1 N–H and O–H groups in total. The van der Waals surface area contributed by atoms with Gasteiger partial charge in [0.05, 0.1) is 9.95 Å². The number of halogens is 2. The van der Waals surface area contributed by atoms with Gasteiger partial charge in [0.1, 0.15) is 5.56 Å². The Morgan fingerprint density at radius 3 is 2.60 bits per heavy atom. The zero-order valence-corrected chi connectivity index (χ0v) is 11.2. The van der Waals surface area contributed by atoms with Crippen molar-refractivity contribution >= 4 is 40.6 Å². The van der Waals surface area contributed by atoms with E-state index in [1.807, 2.05) is 0 Å². The maximum Gasteiger partial charge on any atom is 0.283 e. The van der Waals surface area contributed by atoms with E-state index in [2.05, 4.69) is 15.3 Å². The van der Waals surface area contributed by atoms with E-state index >= 15 is 0 Å². The quantitative estimate of drug-likeness (QED) is 0.694. The fourth-order valence-electron chi connectivity index (χ4n) is 1.46. The van der Waals surface area contributed by atoms with Crippen LogP contribution in [0.1, 0.15) is 10.4 Å². The highest BCUT2D eigenvalue weighted by atomic mass is 35.5. The van der Waals surface area contributed by atoms with Gasteiger partial charge in [0.25, 0.3) is 11.6 Å². The van der Waals surface area contributed by atoms with E-state index in [4.69, 9.17) is 23.2 Å². The average Bonchev–Trinajstić information content (AvgIpc) is 2.40. The molecule has 0 aliphatic carbocycles. The second-order valence-corrected chi connectivity index (χ2v) is 4.31. The molecule has 20 heavy (non-hydrogen) atoms. The summed E-state index contributed by atoms with van der Waals surface area (Å²) < 4.78 is 0. The third-order valence-electron chi connectivity index (χ3n) is 2.30. The highest BCUT2D eigenvalue weighted by molar-refractivity contribution is 6.36. The van der Waals surface area contributed by atoms with Crippen molar-refractivity contribution in [3.8, 4) is 0 Å². The molecule has 0 saturated carbocycles. The molecule has 0 aliphatic heterocycles. The van der Waals surface area contributed by atoms with Crippen molar-refractivity contribution in [1.82, 2.24) is 9.97 Å². The molecule has 9 heteroatoms. The fourth-order valence-corrected chi connectivity index (χ4v) is 1.87. The first-order chi connectivity index (χ1) is 9.50. The Morgan fingerprint density at radius 2 is 1.95 bits per heavy atom. The first kappa shape index (κ1) is 14.2. The van der Waals surface area contributed by atoms with Gasteiger partial charge in [-0.25, -0.2) is 9.97 Å². The Hall–Kier alpha value is -2.25. The van der Waals surface area contributed by atoms with Crippen molar-refractivity contribution in [2.45, 2.75) is 0 Å². The molecule has 102 valence electrons. The number of amides is 1. The van der Waals surface area contributed by atoms with E-state index in [1.165, 1.54) is 30.6 Å². The van der Waals surface area contributed by atoms with Gasteiger partial charge < -0.3 is 5.32 Å². The minimum absolute atomic E-state index is 0.00613. The number of nitro groups is 1. The molecule has 1 amide bonds. The van der Waals surface area contributed by atoms with Gasteiger partial charge in [-0.2, -0.15) is 0 Å². The van der Waals surface area contributed by atoms with Gasteiger partial charge in [-0.15, -0.1) is 0 Å². The topological polar surface area (TPSA) is 98.0 Å². The second kappa shape index (κ2) is 5.81. The Labute approximate surface area is 122 Å². The number of rotatable bonds is 3. The summed E-state index contributed by atoms with van der Waals surface area (Å²) in [6.07, 6.45) is 2.67. The van der Waals surface area contributed by atoms with E-state index in [0.717, 1.165) is 0 Å². The van der Waals surface area contributed by atoms with Gasteiger partial charge in [-0.05, 0) is 6.07 Å². The lowest BCUT2D eigenvalue weighted by Crippen LogP contribution is -2.16. The summed E-state index contributed by atoms with van der Waals surface area (Å²) in [5, 5.41) is 13.2. The summed E-state index contributed by atoms with van der Waals surface area (Å²) >= 11 is 11.6. The third-order valence-corrected chi connectivity index (χ3v) is 2.89. The van der Waals surface area contributed by atoms with Crippen molar-refractivity contribution in [1.29, 1.82) is 0 Å². The molecule has 0 atom stereocenters. The highest BCUT2D eigenvalue weighted by Gasteiger charge is 2.24. The summed E-state index contributed by atoms with van der Waals surface area (Å²) in [5.41, 5.74) is -0.670. The van der Waals surface area contributed by atoms with Crippen LogP contribution in [0.15, 0.2) is 30.6 Å². The zero-order chi connectivity index (χ0) is 14.7. The maximum atomic E-state index is 12.1. The predicted molar refractivity (Wildman–Crippen MR) is 73.1 cm³/mol. The molecule has 1 heterocycles. The first-order valence-corrected chi connectivity index (χ1v) is 5.97. The summed E-state index contributed by atoms with van der Waals surface area (Å²) in [6.45, 7) is 0. The van der Waals surface area contributed by atoms with E-state index in [-0.39, 0.29) is 21.6 Å². The van der Waals surface area contributed by atoms with Crippen molar-refractivity contribution in [3.05, 3.63) is 56.4 Å². The molecular formula is C11H6Cl2N4O3. The van der Waals surface area contributed by atoms with Gasteiger partial charge in [0, 0.05) is 18.5 Å². The van der Waals surface area contributed by atoms with Crippen LogP contribution in [0.4, 0.5) is 11.5 Å². The smallest absolute Gasteiger partial charge is 0.283 e. The number of carbonyl (C=O) groups is 1. The zero-order valence-electron chi connectivity index (χ0n) is 9.71. The minimum Gasteiger partial charge on any atom is -0.304 e. The van der Waals surface area contributed by atoms with E-state index in [0.29, 0.717) is 0 Å². The summed E-state index contributed by atoms with van der Waals surface area (Å²) in [6, 6.07) is 3.94. The molecule has 0 spiro atoms. The Kier molecular flexibility index (Phi) is 4.11. The number of benzene rings is 1. The van der Waals surface area contributed by atoms with Crippen molar-refractivity contribution in [2.24, 2.45) is 0 Å². The highest BCUT2D eigenvalue weighted by Crippen LogP contribution is 2.27. The van der Waals surface area contributed by atoms with Crippen molar-refractivity contribution in [2.75, 3.05) is 5.32 Å². The van der Waals surface area contributed by atoms with Crippen LogP contribution >= 0.6 is 23.2 Å². The normalized spacial score (nSPS) is 10.1. The van der Waals surface area contributed by atoms with Crippen LogP contribution in [0.25, 0.3) is 0 Å². The molecule has 0 aliphatic rings. The second-order valence-electron chi connectivity index (χ2n) is 3.54. The number of hydrogen-bond acceptors (Lipinski definition) is 5. The Balaban J connectivity index is 2.40. The van der Waals surface area contributed by atoms with Gasteiger partial charge >= 0.3 is 0 Å².